The fraction of sp³-hybridized carbons (Fsp3) is 0.542. The van der Waals surface area contributed by atoms with E-state index in [1.54, 1.807) is 16.8 Å². The zero-order chi connectivity index (χ0) is 23.3. The van der Waals surface area contributed by atoms with E-state index < -0.39 is 11.6 Å². The van der Waals surface area contributed by atoms with Crippen molar-refractivity contribution in [3.05, 3.63) is 52.5 Å². The first-order valence-electron chi connectivity index (χ1n) is 11.0. The average molecular weight is 445 g/mol. The number of aryl methyl sites for hydroxylation is 1. The van der Waals surface area contributed by atoms with Crippen LogP contribution in [0.1, 0.15) is 82.8 Å². The topological polar surface area (TPSA) is 66.0 Å². The third-order valence-electron chi connectivity index (χ3n) is 5.93. The number of aromatic nitrogens is 4. The molecular formula is C24H30F2N4O2. The highest BCUT2D eigenvalue weighted by molar-refractivity contribution is 5.63. The van der Waals surface area contributed by atoms with Crippen molar-refractivity contribution in [1.82, 2.24) is 20.2 Å². The summed E-state index contributed by atoms with van der Waals surface area (Å²) >= 11 is 0. The van der Waals surface area contributed by atoms with Crippen molar-refractivity contribution in [1.29, 1.82) is 0 Å². The van der Waals surface area contributed by atoms with Crippen molar-refractivity contribution in [3.63, 3.8) is 0 Å². The van der Waals surface area contributed by atoms with E-state index in [1.807, 2.05) is 40.7 Å². The lowest BCUT2D eigenvalue weighted by atomic mass is 9.93. The molecule has 3 heterocycles. The summed E-state index contributed by atoms with van der Waals surface area (Å²) in [5.74, 6) is -1.07. The van der Waals surface area contributed by atoms with Gasteiger partial charge in [0.25, 0.3) is 0 Å². The van der Waals surface area contributed by atoms with Crippen molar-refractivity contribution < 1.29 is 18.0 Å². The number of nitrogens with zero attached hydrogens (tertiary/aromatic N) is 4. The van der Waals surface area contributed by atoms with E-state index in [0.717, 1.165) is 25.0 Å². The summed E-state index contributed by atoms with van der Waals surface area (Å²) < 4.78 is 42.7. The van der Waals surface area contributed by atoms with Crippen LogP contribution in [0.2, 0.25) is 0 Å². The Morgan fingerprint density at radius 3 is 2.59 bits per heavy atom. The monoisotopic (exact) mass is 444 g/mol. The summed E-state index contributed by atoms with van der Waals surface area (Å²) in [5.41, 5.74) is 1.38. The predicted octanol–water partition coefficient (Wildman–Crippen LogP) is 5.89. The van der Waals surface area contributed by atoms with Crippen LogP contribution in [-0.4, -0.2) is 25.8 Å². The maximum Gasteiger partial charge on any atom is 0.168 e. The van der Waals surface area contributed by atoms with Crippen LogP contribution in [0.3, 0.4) is 0 Å². The molecule has 32 heavy (non-hydrogen) atoms. The highest BCUT2D eigenvalue weighted by Crippen LogP contribution is 2.37. The average Bonchev–Trinajstić information content (AvgIpc) is 3.33. The summed E-state index contributed by atoms with van der Waals surface area (Å²) in [4.78, 5) is 0. The molecule has 0 radical (unpaired) electrons. The molecule has 1 fully saturated rings. The molecule has 6 nitrogen and oxygen atoms in total. The van der Waals surface area contributed by atoms with Gasteiger partial charge in [0.05, 0.1) is 17.0 Å². The van der Waals surface area contributed by atoms with Gasteiger partial charge in [-0.15, -0.1) is 5.10 Å². The molecule has 0 bridgehead atoms. The minimum atomic E-state index is -0.932. The van der Waals surface area contributed by atoms with Crippen molar-refractivity contribution in [3.8, 4) is 11.3 Å². The van der Waals surface area contributed by atoms with E-state index in [4.69, 9.17) is 9.26 Å². The van der Waals surface area contributed by atoms with E-state index >= 15 is 0 Å². The molecule has 4 rings (SSSR count). The molecule has 0 spiro atoms. The Labute approximate surface area is 186 Å². The quantitative estimate of drug-likeness (QED) is 0.502. The highest BCUT2D eigenvalue weighted by Gasteiger charge is 2.33. The minimum Gasteiger partial charge on any atom is -0.361 e. The number of hydrogen-bond acceptors (Lipinski definition) is 5. The Morgan fingerprint density at radius 2 is 1.94 bits per heavy atom. The molecule has 2 aromatic heterocycles. The van der Waals surface area contributed by atoms with Crippen LogP contribution in [0.4, 0.5) is 8.78 Å². The summed E-state index contributed by atoms with van der Waals surface area (Å²) in [6.07, 6.45) is 2.63. The van der Waals surface area contributed by atoms with Gasteiger partial charge in [-0.2, -0.15) is 0 Å². The standard InChI is InChI=1S/C24H30F2N4O2/c1-14-9-10-16(21(26)20(14)25)22-17(12-15-13-18(32-28-15)23(2,3)4)30(29-27-22)19-8-7-11-24(5,6)31-19/h9-10,13,19H,7-8,11-12H2,1-6H3/t19-/m1/s1. The number of ether oxygens (including phenoxy) is 1. The van der Waals surface area contributed by atoms with Crippen LogP contribution in [0.5, 0.6) is 0 Å². The maximum atomic E-state index is 14.9. The lowest BCUT2D eigenvalue weighted by Gasteiger charge is -2.36. The molecule has 1 saturated heterocycles. The smallest absolute Gasteiger partial charge is 0.168 e. The normalized spacial score (nSPS) is 18.8. The van der Waals surface area contributed by atoms with Crippen molar-refractivity contribution in [2.45, 2.75) is 84.5 Å². The van der Waals surface area contributed by atoms with Crippen LogP contribution in [0, 0.1) is 18.6 Å². The molecule has 0 aliphatic carbocycles. The Bertz CT molecular complexity index is 1130. The van der Waals surface area contributed by atoms with E-state index in [0.29, 0.717) is 17.8 Å². The molecule has 1 atom stereocenters. The van der Waals surface area contributed by atoms with Gasteiger partial charge in [0.2, 0.25) is 0 Å². The molecule has 8 heteroatoms. The molecule has 1 aliphatic rings. The molecule has 1 aliphatic heterocycles. The van der Waals surface area contributed by atoms with Crippen LogP contribution in [0.15, 0.2) is 22.7 Å². The number of hydrogen-bond donors (Lipinski definition) is 0. The van der Waals surface area contributed by atoms with Gasteiger partial charge >= 0.3 is 0 Å². The third-order valence-corrected chi connectivity index (χ3v) is 5.93. The van der Waals surface area contributed by atoms with E-state index in [-0.39, 0.29) is 34.1 Å². The lowest BCUT2D eigenvalue weighted by molar-refractivity contribution is -0.146. The van der Waals surface area contributed by atoms with Gasteiger partial charge in [0.15, 0.2) is 17.9 Å². The van der Waals surface area contributed by atoms with Crippen molar-refractivity contribution in [2.75, 3.05) is 0 Å². The van der Waals surface area contributed by atoms with Crippen LogP contribution >= 0.6 is 0 Å². The first-order valence-corrected chi connectivity index (χ1v) is 11.0. The first-order chi connectivity index (χ1) is 15.0. The fourth-order valence-electron chi connectivity index (χ4n) is 4.03. The summed E-state index contributed by atoms with van der Waals surface area (Å²) in [6.45, 7) is 11.7. The van der Waals surface area contributed by atoms with Crippen molar-refractivity contribution in [2.24, 2.45) is 0 Å². The minimum absolute atomic E-state index is 0.0731. The van der Waals surface area contributed by atoms with Gasteiger partial charge in [-0.25, -0.2) is 13.5 Å². The second-order valence-corrected chi connectivity index (χ2v) is 10.2. The van der Waals surface area contributed by atoms with Gasteiger partial charge in [-0.05, 0) is 51.7 Å². The Kier molecular flexibility index (Phi) is 5.69. The zero-order valence-corrected chi connectivity index (χ0v) is 19.5. The third kappa shape index (κ3) is 4.33. The summed E-state index contributed by atoms with van der Waals surface area (Å²) in [5, 5.41) is 12.8. The van der Waals surface area contributed by atoms with E-state index in [2.05, 4.69) is 15.5 Å². The van der Waals surface area contributed by atoms with Gasteiger partial charge in [0, 0.05) is 23.5 Å². The predicted molar refractivity (Wildman–Crippen MR) is 116 cm³/mol. The molecular weight excluding hydrogens is 414 g/mol. The second kappa shape index (κ2) is 8.06. The molecule has 172 valence electrons. The molecule has 0 saturated carbocycles. The second-order valence-electron chi connectivity index (χ2n) is 10.2. The Hall–Kier alpha value is -2.61. The fourth-order valence-corrected chi connectivity index (χ4v) is 4.03. The Morgan fingerprint density at radius 1 is 1.19 bits per heavy atom. The largest absolute Gasteiger partial charge is 0.361 e. The van der Waals surface area contributed by atoms with Gasteiger partial charge in [0.1, 0.15) is 11.5 Å². The number of benzene rings is 1. The summed E-state index contributed by atoms with van der Waals surface area (Å²) in [7, 11) is 0. The Balaban J connectivity index is 1.80. The summed E-state index contributed by atoms with van der Waals surface area (Å²) in [6, 6.07) is 4.98. The van der Waals surface area contributed by atoms with Gasteiger partial charge in [-0.1, -0.05) is 37.2 Å². The van der Waals surface area contributed by atoms with Gasteiger partial charge in [-0.3, -0.25) is 0 Å². The van der Waals surface area contributed by atoms with Crippen LogP contribution < -0.4 is 0 Å². The molecule has 0 amide bonds. The molecule has 3 aromatic rings. The first kappa shape index (κ1) is 22.6. The molecule has 0 unspecified atom stereocenters. The highest BCUT2D eigenvalue weighted by atomic mass is 19.2. The maximum absolute atomic E-state index is 14.9. The van der Waals surface area contributed by atoms with E-state index in [9.17, 15) is 8.78 Å². The molecule has 1 aromatic carbocycles. The SMILES string of the molecule is Cc1ccc(-c2nnn([C@H]3CCCC(C)(C)O3)c2Cc2cc(C(C)(C)C)on2)c(F)c1F. The van der Waals surface area contributed by atoms with E-state index in [1.165, 1.54) is 6.92 Å². The van der Waals surface area contributed by atoms with Crippen LogP contribution in [-0.2, 0) is 16.6 Å². The number of rotatable bonds is 4. The lowest BCUT2D eigenvalue weighted by Crippen LogP contribution is -2.34. The molecule has 0 N–H and O–H groups in total. The number of halogens is 2. The van der Waals surface area contributed by atoms with Crippen LogP contribution in [0.25, 0.3) is 11.3 Å². The zero-order valence-electron chi connectivity index (χ0n) is 19.5. The van der Waals surface area contributed by atoms with Crippen molar-refractivity contribution >= 4 is 0 Å². The van der Waals surface area contributed by atoms with Gasteiger partial charge < -0.3 is 9.26 Å².